The predicted molar refractivity (Wildman–Crippen MR) is 133 cm³/mol. The SMILES string of the molecule is C/C(=C1/SC(=S)C(/C=C/CCCCCC(=O)O)C1=O)c1ccc(-c2ccc(Br)cc2F)o1. The molecule has 0 radical (unpaired) electrons. The molecule has 4 nitrogen and oxygen atoms in total. The van der Waals surface area contributed by atoms with Gasteiger partial charge in [-0.1, -0.05) is 58.5 Å². The van der Waals surface area contributed by atoms with Gasteiger partial charge in [-0.05, 0) is 56.5 Å². The second-order valence-electron chi connectivity index (χ2n) is 7.43. The maximum absolute atomic E-state index is 14.3. The molecule has 32 heavy (non-hydrogen) atoms. The number of unbranched alkanes of at least 4 members (excludes halogenated alkanes) is 3. The van der Waals surface area contributed by atoms with Gasteiger partial charge in [-0.15, -0.1) is 0 Å². The normalized spacial score (nSPS) is 18.0. The molecular weight excluding hydrogens is 515 g/mol. The molecule has 1 saturated heterocycles. The number of carboxylic acids is 1. The number of Topliss-reactive ketones (excluding diaryl/α,β-unsaturated/α-hetero) is 1. The third-order valence-corrected chi connectivity index (χ3v) is 7.23. The van der Waals surface area contributed by atoms with Crippen LogP contribution >= 0.6 is 39.9 Å². The third kappa shape index (κ3) is 6.05. The summed E-state index contributed by atoms with van der Waals surface area (Å²) in [7, 11) is 0. The Kier molecular flexibility index (Phi) is 8.62. The van der Waals surface area contributed by atoms with Gasteiger partial charge in [0.15, 0.2) is 5.78 Å². The van der Waals surface area contributed by atoms with Gasteiger partial charge in [-0.3, -0.25) is 9.59 Å². The van der Waals surface area contributed by atoms with Crippen molar-refractivity contribution < 1.29 is 23.5 Å². The number of furan rings is 1. The number of allylic oxidation sites excluding steroid dienone is 4. The molecule has 0 saturated carbocycles. The highest BCUT2D eigenvalue weighted by molar-refractivity contribution is 9.10. The Bertz CT molecular complexity index is 1100. The fourth-order valence-corrected chi connectivity index (χ4v) is 5.09. The number of halogens is 2. The van der Waals surface area contributed by atoms with E-state index < -0.39 is 17.7 Å². The second-order valence-corrected chi connectivity index (χ2v) is 10.1. The predicted octanol–water partition coefficient (Wildman–Crippen LogP) is 7.43. The lowest BCUT2D eigenvalue weighted by Gasteiger charge is -2.03. The molecule has 1 unspecified atom stereocenters. The van der Waals surface area contributed by atoms with Crippen LogP contribution in [0.5, 0.6) is 0 Å². The van der Waals surface area contributed by atoms with E-state index in [4.69, 9.17) is 21.7 Å². The first-order valence-corrected chi connectivity index (χ1v) is 12.2. The van der Waals surface area contributed by atoms with Crippen molar-refractivity contribution >= 4 is 61.4 Å². The first-order valence-electron chi connectivity index (χ1n) is 10.2. The fourth-order valence-electron chi connectivity index (χ4n) is 3.32. The quantitative estimate of drug-likeness (QED) is 0.155. The maximum Gasteiger partial charge on any atom is 0.303 e. The van der Waals surface area contributed by atoms with E-state index in [1.54, 1.807) is 31.2 Å². The topological polar surface area (TPSA) is 67.5 Å². The highest BCUT2D eigenvalue weighted by atomic mass is 79.9. The number of hydrogen-bond donors (Lipinski definition) is 1. The highest BCUT2D eigenvalue weighted by Crippen LogP contribution is 2.41. The van der Waals surface area contributed by atoms with E-state index in [9.17, 15) is 14.0 Å². The monoisotopic (exact) mass is 536 g/mol. The van der Waals surface area contributed by atoms with Crippen molar-refractivity contribution in [3.05, 3.63) is 63.4 Å². The molecule has 2 heterocycles. The lowest BCUT2D eigenvalue weighted by atomic mass is 10.0. The van der Waals surface area contributed by atoms with E-state index in [1.165, 1.54) is 17.8 Å². The van der Waals surface area contributed by atoms with Gasteiger partial charge >= 0.3 is 5.97 Å². The number of carboxylic acid groups (broad SMARTS) is 1. The van der Waals surface area contributed by atoms with Gasteiger partial charge in [0, 0.05) is 16.5 Å². The molecule has 1 aromatic carbocycles. The number of carbonyl (C=O) groups excluding carboxylic acids is 1. The van der Waals surface area contributed by atoms with Crippen molar-refractivity contribution in [2.75, 3.05) is 0 Å². The number of thioether (sulfide) groups is 1. The summed E-state index contributed by atoms with van der Waals surface area (Å²) in [6, 6.07) is 8.17. The lowest BCUT2D eigenvalue weighted by molar-refractivity contribution is -0.137. The molecule has 1 aliphatic heterocycles. The van der Waals surface area contributed by atoms with Gasteiger partial charge in [-0.25, -0.2) is 4.39 Å². The summed E-state index contributed by atoms with van der Waals surface area (Å²) in [6.07, 6.45) is 7.08. The Morgan fingerprint density at radius 3 is 2.78 bits per heavy atom. The minimum atomic E-state index is -0.778. The average molecular weight is 537 g/mol. The second kappa shape index (κ2) is 11.2. The van der Waals surface area contributed by atoms with Gasteiger partial charge in [0.1, 0.15) is 17.3 Å². The smallest absolute Gasteiger partial charge is 0.303 e. The van der Waals surface area contributed by atoms with Crippen LogP contribution in [-0.4, -0.2) is 21.1 Å². The number of aliphatic carboxylic acids is 1. The molecule has 168 valence electrons. The van der Waals surface area contributed by atoms with Crippen LogP contribution in [0, 0.1) is 11.7 Å². The number of thiocarbonyl (C=S) groups is 1. The Morgan fingerprint density at radius 1 is 1.28 bits per heavy atom. The van der Waals surface area contributed by atoms with Crippen LogP contribution in [-0.2, 0) is 9.59 Å². The summed E-state index contributed by atoms with van der Waals surface area (Å²) >= 11 is 9.95. The number of hydrogen-bond acceptors (Lipinski definition) is 5. The maximum atomic E-state index is 14.3. The number of ketones is 1. The standard InChI is InChI=1S/C24H22BrFO4S2/c1-14(19-11-12-20(30-19)16-10-9-15(25)13-18(16)26)23-22(29)17(24(31)32-23)7-5-3-2-4-6-8-21(27)28/h5,7,9-13,17H,2-4,6,8H2,1H3,(H,27,28)/b7-5+,23-14-. The Labute approximate surface area is 204 Å². The van der Waals surface area contributed by atoms with Crippen LogP contribution in [0.1, 0.15) is 44.8 Å². The zero-order valence-corrected chi connectivity index (χ0v) is 20.6. The molecule has 3 rings (SSSR count). The molecule has 0 amide bonds. The van der Waals surface area contributed by atoms with Crippen molar-refractivity contribution in [3.8, 4) is 11.3 Å². The van der Waals surface area contributed by atoms with Gasteiger partial charge in [0.2, 0.25) is 0 Å². The highest BCUT2D eigenvalue weighted by Gasteiger charge is 2.35. The van der Waals surface area contributed by atoms with Gasteiger partial charge in [-0.2, -0.15) is 0 Å². The third-order valence-electron chi connectivity index (χ3n) is 5.07. The Hall–Kier alpha value is -2.03. The largest absolute Gasteiger partial charge is 0.481 e. The molecule has 1 fully saturated rings. The summed E-state index contributed by atoms with van der Waals surface area (Å²) in [6.45, 7) is 1.80. The fraction of sp³-hybridized carbons (Fsp3) is 0.292. The molecule has 0 aliphatic carbocycles. The first kappa shape index (κ1) is 24.6. The zero-order chi connectivity index (χ0) is 23.3. The zero-order valence-electron chi connectivity index (χ0n) is 17.4. The van der Waals surface area contributed by atoms with E-state index in [0.717, 1.165) is 19.3 Å². The molecule has 1 N–H and O–H groups in total. The molecule has 0 spiro atoms. The minimum absolute atomic E-state index is 0.0626. The number of rotatable bonds is 9. The van der Waals surface area contributed by atoms with Gasteiger partial charge < -0.3 is 9.52 Å². The summed E-state index contributed by atoms with van der Waals surface area (Å²) in [5, 5.41) is 8.65. The van der Waals surface area contributed by atoms with E-state index >= 15 is 0 Å². The van der Waals surface area contributed by atoms with E-state index in [1.807, 2.05) is 12.2 Å². The molecule has 1 aliphatic rings. The Balaban J connectivity index is 1.67. The number of benzene rings is 1. The van der Waals surface area contributed by atoms with Crippen LogP contribution in [0.3, 0.4) is 0 Å². The average Bonchev–Trinajstić information content (AvgIpc) is 3.32. The summed E-state index contributed by atoms with van der Waals surface area (Å²) in [5.74, 6) is -0.804. The molecule has 8 heteroatoms. The van der Waals surface area contributed by atoms with Crippen LogP contribution in [0.25, 0.3) is 16.9 Å². The summed E-state index contributed by atoms with van der Waals surface area (Å²) in [4.78, 5) is 24.0. The van der Waals surface area contributed by atoms with Crippen LogP contribution in [0.15, 0.2) is 56.3 Å². The van der Waals surface area contributed by atoms with Crippen LogP contribution in [0.4, 0.5) is 4.39 Å². The molecule has 1 aromatic heterocycles. The summed E-state index contributed by atoms with van der Waals surface area (Å²) < 4.78 is 21.3. The van der Waals surface area contributed by atoms with Crippen molar-refractivity contribution in [2.45, 2.75) is 39.0 Å². The van der Waals surface area contributed by atoms with Crippen molar-refractivity contribution in [3.63, 3.8) is 0 Å². The first-order chi connectivity index (χ1) is 15.3. The van der Waals surface area contributed by atoms with Gasteiger partial charge in [0.05, 0.1) is 20.6 Å². The lowest BCUT2D eigenvalue weighted by Crippen LogP contribution is -2.10. The Morgan fingerprint density at radius 2 is 2.06 bits per heavy atom. The van der Waals surface area contributed by atoms with Crippen molar-refractivity contribution in [2.24, 2.45) is 5.92 Å². The summed E-state index contributed by atoms with van der Waals surface area (Å²) in [5.41, 5.74) is 1.03. The molecular formula is C24H22BrFO4S2. The van der Waals surface area contributed by atoms with Crippen molar-refractivity contribution in [1.29, 1.82) is 0 Å². The van der Waals surface area contributed by atoms with Gasteiger partial charge in [0.25, 0.3) is 0 Å². The van der Waals surface area contributed by atoms with Crippen LogP contribution < -0.4 is 0 Å². The molecule has 1 atom stereocenters. The van der Waals surface area contributed by atoms with Crippen molar-refractivity contribution in [1.82, 2.24) is 0 Å². The van der Waals surface area contributed by atoms with E-state index in [-0.39, 0.29) is 12.2 Å². The van der Waals surface area contributed by atoms with Crippen LogP contribution in [0.2, 0.25) is 0 Å². The number of carbonyl (C=O) groups is 2. The molecule has 0 bridgehead atoms. The van der Waals surface area contributed by atoms with E-state index in [2.05, 4.69) is 15.9 Å². The van der Waals surface area contributed by atoms with E-state index in [0.29, 0.717) is 42.7 Å². The minimum Gasteiger partial charge on any atom is -0.481 e. The molecule has 2 aromatic rings.